The van der Waals surface area contributed by atoms with Crippen molar-refractivity contribution in [3.8, 4) is 39.1 Å². The minimum absolute atomic E-state index is 0.173. The summed E-state index contributed by atoms with van der Waals surface area (Å²) in [5.74, 6) is 0.923. The van der Waals surface area contributed by atoms with Gasteiger partial charge in [0.25, 0.3) is 0 Å². The fourth-order valence-electron chi connectivity index (χ4n) is 6.45. The summed E-state index contributed by atoms with van der Waals surface area (Å²) in [6.45, 7) is 0. The van der Waals surface area contributed by atoms with Crippen molar-refractivity contribution in [1.29, 1.82) is 0 Å². The third kappa shape index (κ3) is 3.02. The van der Waals surface area contributed by atoms with Crippen molar-refractivity contribution in [3.63, 3.8) is 0 Å². The molecule has 2 aliphatic rings. The Morgan fingerprint density at radius 2 is 1.23 bits per heavy atom. The summed E-state index contributed by atoms with van der Waals surface area (Å²) in [7, 11) is -0.173. The normalized spacial score (nSPS) is 13.1. The van der Waals surface area contributed by atoms with Gasteiger partial charge in [0, 0.05) is 27.6 Å². The van der Waals surface area contributed by atoms with Crippen LogP contribution in [0.25, 0.3) is 55.3 Å². The minimum Gasteiger partial charge on any atom is -0.536 e. The van der Waals surface area contributed by atoms with E-state index in [1.807, 2.05) is 18.2 Å². The third-order valence-electron chi connectivity index (χ3n) is 8.28. The molecule has 0 spiro atoms. The second-order valence-corrected chi connectivity index (χ2v) is 10.5. The predicted octanol–water partition coefficient (Wildman–Crippen LogP) is 8.83. The second-order valence-electron chi connectivity index (χ2n) is 10.5. The SMILES string of the molecule is c1cc(-c2ccc3c(c2)-c2ccccc2N2B3Oc3ccccc32)cc(-c2cccc3c2oc2ccccc23)c1. The highest BCUT2D eigenvalue weighted by Crippen LogP contribution is 2.47. The van der Waals surface area contributed by atoms with Gasteiger partial charge in [0.05, 0.1) is 5.69 Å². The number of furan rings is 1. The first-order chi connectivity index (χ1) is 19.8. The van der Waals surface area contributed by atoms with E-state index in [1.54, 1.807) is 0 Å². The third-order valence-corrected chi connectivity index (χ3v) is 8.28. The Morgan fingerprint density at radius 3 is 2.20 bits per heavy atom. The quantitative estimate of drug-likeness (QED) is 0.217. The maximum atomic E-state index is 6.50. The number of hydrogen-bond donors (Lipinski definition) is 0. The van der Waals surface area contributed by atoms with Crippen LogP contribution in [0.2, 0.25) is 0 Å². The number of benzene rings is 6. The van der Waals surface area contributed by atoms with Crippen LogP contribution >= 0.6 is 0 Å². The molecule has 7 aromatic rings. The number of nitrogens with zero attached hydrogens (tertiary/aromatic N) is 1. The number of rotatable bonds is 2. The monoisotopic (exact) mass is 511 g/mol. The van der Waals surface area contributed by atoms with E-state index >= 15 is 0 Å². The van der Waals surface area contributed by atoms with E-state index < -0.39 is 0 Å². The lowest BCUT2D eigenvalue weighted by atomic mass is 9.64. The van der Waals surface area contributed by atoms with Gasteiger partial charge in [-0.25, -0.2) is 0 Å². The molecule has 2 aliphatic heterocycles. The molecule has 0 aliphatic carbocycles. The van der Waals surface area contributed by atoms with Crippen molar-refractivity contribution in [2.75, 3.05) is 4.81 Å². The lowest BCUT2D eigenvalue weighted by molar-refractivity contribution is 0.603. The summed E-state index contributed by atoms with van der Waals surface area (Å²) >= 11 is 0. The number of anilines is 2. The first-order valence-electron chi connectivity index (χ1n) is 13.6. The van der Waals surface area contributed by atoms with Gasteiger partial charge in [0.2, 0.25) is 0 Å². The summed E-state index contributed by atoms with van der Waals surface area (Å²) < 4.78 is 12.8. The molecule has 1 aromatic heterocycles. The van der Waals surface area contributed by atoms with Gasteiger partial charge in [-0.15, -0.1) is 0 Å². The summed E-state index contributed by atoms with van der Waals surface area (Å²) in [6.07, 6.45) is 0. The minimum atomic E-state index is -0.173. The summed E-state index contributed by atoms with van der Waals surface area (Å²) in [5, 5.41) is 2.29. The van der Waals surface area contributed by atoms with E-state index in [2.05, 4.69) is 120 Å². The summed E-state index contributed by atoms with van der Waals surface area (Å²) in [6, 6.07) is 47.1. The molecule has 0 bridgehead atoms. The van der Waals surface area contributed by atoms with Crippen LogP contribution in [0.15, 0.2) is 138 Å². The van der Waals surface area contributed by atoms with E-state index in [9.17, 15) is 0 Å². The largest absolute Gasteiger partial charge is 0.536 e. The Labute approximate surface area is 232 Å². The highest BCUT2D eigenvalue weighted by atomic mass is 16.5. The zero-order valence-electron chi connectivity index (χ0n) is 21.5. The van der Waals surface area contributed by atoms with Crippen LogP contribution in [-0.4, -0.2) is 7.05 Å². The van der Waals surface area contributed by atoms with Gasteiger partial charge in [0.15, 0.2) is 0 Å². The van der Waals surface area contributed by atoms with E-state index in [-0.39, 0.29) is 7.05 Å². The molecule has 0 atom stereocenters. The van der Waals surface area contributed by atoms with E-state index in [0.717, 1.165) is 44.5 Å². The van der Waals surface area contributed by atoms with Crippen LogP contribution in [-0.2, 0) is 0 Å². The number of para-hydroxylation sites is 5. The Kier molecular flexibility index (Phi) is 4.41. The highest BCUT2D eigenvalue weighted by molar-refractivity contribution is 6.77. The first-order valence-corrected chi connectivity index (χ1v) is 13.6. The molecule has 0 N–H and O–H groups in total. The van der Waals surface area contributed by atoms with Gasteiger partial charge in [-0.1, -0.05) is 97.1 Å². The van der Waals surface area contributed by atoms with Gasteiger partial charge in [-0.3, -0.25) is 0 Å². The van der Waals surface area contributed by atoms with Crippen molar-refractivity contribution in [2.45, 2.75) is 0 Å². The molecule has 0 unspecified atom stereocenters. The molecular formula is C36H22BNO2. The molecule has 0 radical (unpaired) electrons. The molecule has 0 fully saturated rings. The first kappa shape index (κ1) is 21.7. The summed E-state index contributed by atoms with van der Waals surface area (Å²) in [5.41, 5.74) is 12.3. The molecule has 3 nitrogen and oxygen atoms in total. The van der Waals surface area contributed by atoms with E-state index in [4.69, 9.17) is 9.07 Å². The predicted molar refractivity (Wildman–Crippen MR) is 165 cm³/mol. The number of hydrogen-bond acceptors (Lipinski definition) is 3. The van der Waals surface area contributed by atoms with Crippen molar-refractivity contribution in [3.05, 3.63) is 133 Å². The van der Waals surface area contributed by atoms with Crippen LogP contribution in [0.1, 0.15) is 0 Å². The molecule has 0 saturated carbocycles. The van der Waals surface area contributed by atoms with Gasteiger partial charge < -0.3 is 13.9 Å². The molecule has 3 heterocycles. The smallest absolute Gasteiger partial charge is 0.524 e. The molecule has 4 heteroatoms. The topological polar surface area (TPSA) is 25.6 Å². The van der Waals surface area contributed by atoms with Gasteiger partial charge in [0.1, 0.15) is 16.9 Å². The van der Waals surface area contributed by atoms with Crippen molar-refractivity contribution < 1.29 is 9.07 Å². The molecule has 186 valence electrons. The number of fused-ring (bicyclic) bond motifs is 11. The second kappa shape index (κ2) is 8.14. The van der Waals surface area contributed by atoms with Crippen LogP contribution in [0.4, 0.5) is 11.4 Å². The Morgan fingerprint density at radius 1 is 0.500 bits per heavy atom. The Hall–Kier alpha value is -5.22. The maximum absolute atomic E-state index is 6.50. The molecule has 9 rings (SSSR count). The Bertz CT molecular complexity index is 2130. The molecule has 0 amide bonds. The lowest BCUT2D eigenvalue weighted by Gasteiger charge is -2.31. The van der Waals surface area contributed by atoms with E-state index in [1.165, 1.54) is 33.4 Å². The van der Waals surface area contributed by atoms with Crippen molar-refractivity contribution in [2.24, 2.45) is 0 Å². The molecule has 0 saturated heterocycles. The zero-order valence-corrected chi connectivity index (χ0v) is 21.5. The average molecular weight is 511 g/mol. The van der Waals surface area contributed by atoms with E-state index in [0.29, 0.717) is 0 Å². The van der Waals surface area contributed by atoms with Crippen LogP contribution < -0.4 is 14.9 Å². The van der Waals surface area contributed by atoms with Crippen LogP contribution in [0.3, 0.4) is 0 Å². The molecule has 40 heavy (non-hydrogen) atoms. The Balaban J connectivity index is 1.18. The molecule has 6 aromatic carbocycles. The van der Waals surface area contributed by atoms with Crippen LogP contribution in [0.5, 0.6) is 5.75 Å². The fourth-order valence-corrected chi connectivity index (χ4v) is 6.45. The van der Waals surface area contributed by atoms with Gasteiger partial charge >= 0.3 is 7.05 Å². The average Bonchev–Trinajstić information content (AvgIpc) is 3.60. The summed E-state index contributed by atoms with van der Waals surface area (Å²) in [4.78, 5) is 2.32. The fraction of sp³-hybridized carbons (Fsp3) is 0. The molecular weight excluding hydrogens is 489 g/mol. The highest BCUT2D eigenvalue weighted by Gasteiger charge is 2.44. The van der Waals surface area contributed by atoms with Gasteiger partial charge in [-0.05, 0) is 64.1 Å². The van der Waals surface area contributed by atoms with Gasteiger partial charge in [-0.2, -0.15) is 0 Å². The lowest BCUT2D eigenvalue weighted by Crippen LogP contribution is -2.50. The zero-order chi connectivity index (χ0) is 26.2. The van der Waals surface area contributed by atoms with Crippen LogP contribution in [0, 0.1) is 0 Å². The van der Waals surface area contributed by atoms with Crippen molar-refractivity contribution in [1.82, 2.24) is 0 Å². The van der Waals surface area contributed by atoms with Crippen molar-refractivity contribution >= 4 is 45.8 Å². The standard InChI is InChI=1S/C36H22BNO2/c1-3-15-32-27(11-1)30-22-24(19-20-31(30)37-38(32)33-16-4-6-18-35(33)40-37)23-9-7-10-25(21-23)26-13-8-14-29-28-12-2-5-17-34(28)39-36(26)29/h1-22H. The maximum Gasteiger partial charge on any atom is 0.524 e.